The van der Waals surface area contributed by atoms with Crippen LogP contribution in [0.1, 0.15) is 10.4 Å². The molecule has 4 rings (SSSR count). The Bertz CT molecular complexity index is 1210. The normalized spacial score (nSPS) is 15.6. The van der Waals surface area contributed by atoms with Crippen LogP contribution in [0.3, 0.4) is 0 Å². The fourth-order valence-corrected chi connectivity index (χ4v) is 4.01. The molecule has 2 aromatic carbocycles. The van der Waals surface area contributed by atoms with Crippen LogP contribution < -0.4 is 14.8 Å². The van der Waals surface area contributed by atoms with Gasteiger partial charge in [-0.1, -0.05) is 24.3 Å². The van der Waals surface area contributed by atoms with Crippen molar-refractivity contribution in [2.24, 2.45) is 0 Å². The summed E-state index contributed by atoms with van der Waals surface area (Å²) in [6.45, 7) is 0.651. The second-order valence-electron chi connectivity index (χ2n) is 6.70. The molecule has 0 spiro atoms. The van der Waals surface area contributed by atoms with Gasteiger partial charge in [-0.05, 0) is 24.3 Å². The topological polar surface area (TPSA) is 99.5 Å². The lowest BCUT2D eigenvalue weighted by Crippen LogP contribution is -2.33. The Balaban J connectivity index is 1.45. The number of hydrogen-bond donors (Lipinski definition) is 1. The maximum Gasteiger partial charge on any atom is 0.341 e. The SMILES string of the molecule is O=C(Nc1cnn(C[C@H]2COc3ccccc3O2)c1)c1ccccc1S(=O)(=O)C(F)F. The van der Waals surface area contributed by atoms with Crippen LogP contribution in [0.5, 0.6) is 11.5 Å². The van der Waals surface area contributed by atoms with Crippen molar-refractivity contribution in [1.82, 2.24) is 9.78 Å². The van der Waals surface area contributed by atoms with Crippen molar-refractivity contribution in [3.63, 3.8) is 0 Å². The first-order valence-electron chi connectivity index (χ1n) is 9.18. The fourth-order valence-electron chi connectivity index (χ4n) is 3.09. The molecule has 1 aromatic heterocycles. The number of benzene rings is 2. The summed E-state index contributed by atoms with van der Waals surface area (Å²) in [5.41, 5.74) is -0.109. The van der Waals surface area contributed by atoms with E-state index in [2.05, 4.69) is 10.4 Å². The number of nitrogens with zero attached hydrogens (tertiary/aromatic N) is 2. The summed E-state index contributed by atoms with van der Waals surface area (Å²) >= 11 is 0. The van der Waals surface area contributed by atoms with Gasteiger partial charge in [-0.3, -0.25) is 9.48 Å². The van der Waals surface area contributed by atoms with Crippen LogP contribution in [-0.4, -0.2) is 42.6 Å². The van der Waals surface area contributed by atoms with Gasteiger partial charge in [0.25, 0.3) is 5.91 Å². The predicted octanol–water partition coefficient (Wildman–Crippen LogP) is 2.97. The number of anilines is 1. The van der Waals surface area contributed by atoms with Gasteiger partial charge >= 0.3 is 5.76 Å². The van der Waals surface area contributed by atoms with Crippen molar-refractivity contribution in [3.8, 4) is 11.5 Å². The van der Waals surface area contributed by atoms with Crippen LogP contribution in [0.25, 0.3) is 0 Å². The van der Waals surface area contributed by atoms with Gasteiger partial charge in [0.05, 0.1) is 28.9 Å². The Morgan fingerprint density at radius 2 is 1.87 bits per heavy atom. The predicted molar refractivity (Wildman–Crippen MR) is 106 cm³/mol. The van der Waals surface area contributed by atoms with Crippen molar-refractivity contribution >= 4 is 21.4 Å². The molecule has 162 valence electrons. The number of aromatic nitrogens is 2. The molecule has 0 radical (unpaired) electrons. The van der Waals surface area contributed by atoms with Crippen LogP contribution in [0.4, 0.5) is 14.5 Å². The highest BCUT2D eigenvalue weighted by molar-refractivity contribution is 7.91. The maximum atomic E-state index is 12.9. The minimum absolute atomic E-state index is 0.270. The van der Waals surface area contributed by atoms with E-state index in [1.54, 1.807) is 12.1 Å². The average molecular weight is 449 g/mol. The van der Waals surface area contributed by atoms with Gasteiger partial charge in [-0.2, -0.15) is 13.9 Å². The molecule has 1 N–H and O–H groups in total. The van der Waals surface area contributed by atoms with Crippen LogP contribution in [0, 0.1) is 0 Å². The second kappa shape index (κ2) is 8.34. The molecule has 1 amide bonds. The number of ether oxygens (including phenoxy) is 2. The average Bonchev–Trinajstić information content (AvgIpc) is 3.20. The minimum atomic E-state index is -4.93. The van der Waals surface area contributed by atoms with Crippen LogP contribution >= 0.6 is 0 Å². The zero-order chi connectivity index (χ0) is 22.0. The number of para-hydroxylation sites is 2. The highest BCUT2D eigenvalue weighted by Gasteiger charge is 2.31. The number of rotatable bonds is 6. The quantitative estimate of drug-likeness (QED) is 0.621. The highest BCUT2D eigenvalue weighted by atomic mass is 32.2. The lowest BCUT2D eigenvalue weighted by Gasteiger charge is -2.26. The summed E-state index contributed by atoms with van der Waals surface area (Å²) in [6.07, 6.45) is 2.57. The molecule has 31 heavy (non-hydrogen) atoms. The van der Waals surface area contributed by atoms with Crippen LogP contribution in [0.15, 0.2) is 65.8 Å². The Morgan fingerprint density at radius 1 is 1.16 bits per heavy atom. The smallest absolute Gasteiger partial charge is 0.341 e. The summed E-state index contributed by atoms with van der Waals surface area (Å²) in [5, 5.41) is 6.62. The van der Waals surface area contributed by atoms with Gasteiger partial charge < -0.3 is 14.8 Å². The molecule has 1 atom stereocenters. The van der Waals surface area contributed by atoms with Crippen molar-refractivity contribution in [2.75, 3.05) is 11.9 Å². The Kier molecular flexibility index (Phi) is 5.59. The molecule has 11 heteroatoms. The molecule has 2 heterocycles. The number of carbonyl (C=O) groups is 1. The van der Waals surface area contributed by atoms with E-state index < -0.39 is 26.4 Å². The van der Waals surface area contributed by atoms with Gasteiger partial charge in [0.15, 0.2) is 17.6 Å². The molecule has 3 aromatic rings. The standard InChI is InChI=1S/C20H17F2N3O5S/c21-20(22)31(27,28)18-8-4-1-5-15(18)19(26)24-13-9-23-25(10-13)11-14-12-29-16-6-2-3-7-17(16)30-14/h1-10,14,20H,11-12H2,(H,24,26)/t14-/m0/s1. The molecule has 0 unspecified atom stereocenters. The van der Waals surface area contributed by atoms with E-state index in [0.717, 1.165) is 6.07 Å². The zero-order valence-corrected chi connectivity index (χ0v) is 16.8. The first kappa shape index (κ1) is 20.8. The van der Waals surface area contributed by atoms with E-state index in [-0.39, 0.29) is 17.4 Å². The lowest BCUT2D eigenvalue weighted by molar-refractivity contribution is 0.0759. The van der Waals surface area contributed by atoms with E-state index in [4.69, 9.17) is 9.47 Å². The number of alkyl halides is 2. The maximum absolute atomic E-state index is 12.9. The lowest BCUT2D eigenvalue weighted by atomic mass is 10.2. The summed E-state index contributed by atoms with van der Waals surface area (Å²) in [5.74, 6) is -3.20. The van der Waals surface area contributed by atoms with Crippen molar-refractivity contribution in [2.45, 2.75) is 23.3 Å². The first-order chi connectivity index (χ1) is 14.8. The van der Waals surface area contributed by atoms with E-state index in [9.17, 15) is 22.0 Å². The third-order valence-corrected chi connectivity index (χ3v) is 5.96. The highest BCUT2D eigenvalue weighted by Crippen LogP contribution is 2.31. The molecule has 0 saturated heterocycles. The van der Waals surface area contributed by atoms with E-state index in [1.165, 1.54) is 35.3 Å². The number of hydrogen-bond acceptors (Lipinski definition) is 6. The molecule has 0 bridgehead atoms. The third-order valence-electron chi connectivity index (χ3n) is 4.52. The first-order valence-corrected chi connectivity index (χ1v) is 10.7. The molecule has 0 fully saturated rings. The Labute approximate surface area is 176 Å². The van der Waals surface area contributed by atoms with Gasteiger partial charge in [-0.15, -0.1) is 0 Å². The number of sulfone groups is 1. The van der Waals surface area contributed by atoms with Crippen LogP contribution in [0.2, 0.25) is 0 Å². The monoisotopic (exact) mass is 449 g/mol. The van der Waals surface area contributed by atoms with E-state index in [1.807, 2.05) is 12.1 Å². The van der Waals surface area contributed by atoms with Crippen molar-refractivity contribution in [1.29, 1.82) is 0 Å². The number of amides is 1. The van der Waals surface area contributed by atoms with Gasteiger partial charge in [0.1, 0.15) is 6.61 Å². The van der Waals surface area contributed by atoms with E-state index in [0.29, 0.717) is 24.7 Å². The zero-order valence-electron chi connectivity index (χ0n) is 15.9. The molecular weight excluding hydrogens is 432 g/mol. The summed E-state index contributed by atoms with van der Waals surface area (Å²) in [7, 11) is -4.93. The van der Waals surface area contributed by atoms with Crippen molar-refractivity contribution < 1.29 is 31.5 Å². The van der Waals surface area contributed by atoms with Crippen LogP contribution in [-0.2, 0) is 16.4 Å². The Hall–Kier alpha value is -3.47. The number of nitrogens with one attached hydrogen (secondary N) is 1. The third kappa shape index (κ3) is 4.36. The molecule has 0 saturated carbocycles. The summed E-state index contributed by atoms with van der Waals surface area (Å²) < 4.78 is 62.6. The number of halogens is 2. The largest absolute Gasteiger partial charge is 0.486 e. The van der Waals surface area contributed by atoms with E-state index >= 15 is 0 Å². The second-order valence-corrected chi connectivity index (χ2v) is 8.59. The molecule has 1 aliphatic heterocycles. The van der Waals surface area contributed by atoms with Gasteiger partial charge in [0.2, 0.25) is 9.84 Å². The molecule has 8 nitrogen and oxygen atoms in total. The number of fused-ring (bicyclic) bond motifs is 1. The van der Waals surface area contributed by atoms with Gasteiger partial charge in [0, 0.05) is 6.20 Å². The number of carbonyl (C=O) groups excluding carboxylic acids is 1. The fraction of sp³-hybridized carbons (Fsp3) is 0.200. The summed E-state index contributed by atoms with van der Waals surface area (Å²) in [4.78, 5) is 11.8. The van der Waals surface area contributed by atoms with Gasteiger partial charge in [-0.25, -0.2) is 8.42 Å². The summed E-state index contributed by atoms with van der Waals surface area (Å²) in [6, 6.07) is 12.1. The molecule has 0 aliphatic carbocycles. The van der Waals surface area contributed by atoms with Crippen molar-refractivity contribution in [3.05, 3.63) is 66.5 Å². The molecular formula is C20H17F2N3O5S. The molecule has 1 aliphatic rings. The minimum Gasteiger partial charge on any atom is -0.486 e. The Morgan fingerprint density at radius 3 is 2.65 bits per heavy atom.